The molecular weight excluding hydrogens is 281 g/mol. The standard InChI is InChI=1S/C12H12ClF3N2O/c13-10-5-4-8(6-9(10)12(14,15)16)18-11(19)17-7-2-1-3-7/h4-7H,1-3H2,(H2,17,18,19). The first-order valence-electron chi connectivity index (χ1n) is 5.80. The van der Waals surface area contributed by atoms with Gasteiger partial charge in [-0.15, -0.1) is 0 Å². The van der Waals surface area contributed by atoms with Crippen molar-refractivity contribution in [3.63, 3.8) is 0 Å². The normalized spacial score (nSPS) is 15.8. The summed E-state index contributed by atoms with van der Waals surface area (Å²) in [6.07, 6.45) is -1.67. The van der Waals surface area contributed by atoms with Crippen LogP contribution in [-0.2, 0) is 6.18 Å². The van der Waals surface area contributed by atoms with Gasteiger partial charge in [0.2, 0.25) is 0 Å². The quantitative estimate of drug-likeness (QED) is 0.849. The van der Waals surface area contributed by atoms with Crippen LogP contribution in [0.1, 0.15) is 24.8 Å². The molecule has 2 N–H and O–H groups in total. The molecule has 1 aliphatic rings. The van der Waals surface area contributed by atoms with Gasteiger partial charge in [0.15, 0.2) is 0 Å². The number of hydrogen-bond donors (Lipinski definition) is 2. The molecule has 7 heteroatoms. The predicted octanol–water partition coefficient (Wildman–Crippen LogP) is 4.03. The Kier molecular flexibility index (Phi) is 3.89. The Balaban J connectivity index is 2.06. The average Bonchev–Trinajstić information content (AvgIpc) is 2.25. The van der Waals surface area contributed by atoms with Gasteiger partial charge in [-0.1, -0.05) is 11.6 Å². The van der Waals surface area contributed by atoms with Gasteiger partial charge in [0, 0.05) is 11.7 Å². The Hall–Kier alpha value is -1.43. The van der Waals surface area contributed by atoms with E-state index in [-0.39, 0.29) is 11.7 Å². The van der Waals surface area contributed by atoms with Crippen LogP contribution >= 0.6 is 11.6 Å². The van der Waals surface area contributed by atoms with Gasteiger partial charge in [0.1, 0.15) is 0 Å². The lowest BCUT2D eigenvalue weighted by atomic mass is 9.93. The number of nitrogens with one attached hydrogen (secondary N) is 2. The summed E-state index contributed by atoms with van der Waals surface area (Å²) in [5.74, 6) is 0. The van der Waals surface area contributed by atoms with Crippen LogP contribution in [0, 0.1) is 0 Å². The van der Waals surface area contributed by atoms with E-state index in [0.29, 0.717) is 0 Å². The highest BCUT2D eigenvalue weighted by atomic mass is 35.5. The number of benzene rings is 1. The topological polar surface area (TPSA) is 41.1 Å². The van der Waals surface area contributed by atoms with Crippen molar-refractivity contribution in [1.29, 1.82) is 0 Å². The number of rotatable bonds is 2. The van der Waals surface area contributed by atoms with Crippen molar-refractivity contribution in [1.82, 2.24) is 5.32 Å². The summed E-state index contributed by atoms with van der Waals surface area (Å²) in [7, 11) is 0. The van der Waals surface area contributed by atoms with Crippen LogP contribution in [0.3, 0.4) is 0 Å². The van der Waals surface area contributed by atoms with Crippen LogP contribution in [0.25, 0.3) is 0 Å². The van der Waals surface area contributed by atoms with Crippen LogP contribution in [0.5, 0.6) is 0 Å². The van der Waals surface area contributed by atoms with Crippen LogP contribution < -0.4 is 10.6 Å². The lowest BCUT2D eigenvalue weighted by molar-refractivity contribution is -0.137. The van der Waals surface area contributed by atoms with E-state index in [0.717, 1.165) is 31.4 Å². The molecule has 3 nitrogen and oxygen atoms in total. The van der Waals surface area contributed by atoms with Gasteiger partial charge in [-0.3, -0.25) is 0 Å². The van der Waals surface area contributed by atoms with Gasteiger partial charge in [0.05, 0.1) is 10.6 Å². The minimum absolute atomic E-state index is 0.0635. The molecule has 1 aromatic rings. The van der Waals surface area contributed by atoms with Gasteiger partial charge in [-0.2, -0.15) is 13.2 Å². The van der Waals surface area contributed by atoms with Gasteiger partial charge >= 0.3 is 12.2 Å². The van der Waals surface area contributed by atoms with Crippen molar-refractivity contribution < 1.29 is 18.0 Å². The molecule has 0 aromatic heterocycles. The van der Waals surface area contributed by atoms with Crippen LogP contribution in [0.4, 0.5) is 23.7 Å². The van der Waals surface area contributed by atoms with E-state index in [1.54, 1.807) is 0 Å². The van der Waals surface area contributed by atoms with Crippen molar-refractivity contribution in [2.75, 3.05) is 5.32 Å². The van der Waals surface area contributed by atoms with Crippen LogP contribution in [0.2, 0.25) is 5.02 Å². The smallest absolute Gasteiger partial charge is 0.335 e. The summed E-state index contributed by atoms with van der Waals surface area (Å²) in [5, 5.41) is 4.65. The van der Waals surface area contributed by atoms with E-state index < -0.39 is 22.8 Å². The Bertz CT molecular complexity index is 486. The monoisotopic (exact) mass is 292 g/mol. The maximum atomic E-state index is 12.6. The zero-order valence-electron chi connectivity index (χ0n) is 9.85. The molecule has 0 radical (unpaired) electrons. The molecule has 0 aliphatic heterocycles. The first kappa shape index (κ1) is 14.0. The zero-order valence-corrected chi connectivity index (χ0v) is 10.6. The highest BCUT2D eigenvalue weighted by Crippen LogP contribution is 2.36. The maximum absolute atomic E-state index is 12.6. The summed E-state index contributed by atoms with van der Waals surface area (Å²) in [6.45, 7) is 0. The maximum Gasteiger partial charge on any atom is 0.417 e. The molecule has 2 amide bonds. The molecule has 19 heavy (non-hydrogen) atoms. The lowest BCUT2D eigenvalue weighted by Crippen LogP contribution is -2.41. The lowest BCUT2D eigenvalue weighted by Gasteiger charge is -2.26. The number of anilines is 1. The highest BCUT2D eigenvalue weighted by molar-refractivity contribution is 6.31. The molecular formula is C12H12ClF3N2O. The van der Waals surface area contributed by atoms with Gasteiger partial charge < -0.3 is 10.6 Å². The third-order valence-electron chi connectivity index (χ3n) is 2.97. The summed E-state index contributed by atoms with van der Waals surface area (Å²) >= 11 is 5.48. The number of carbonyl (C=O) groups is 1. The molecule has 1 aromatic carbocycles. The Labute approximate surface area is 113 Å². The second-order valence-electron chi connectivity index (χ2n) is 4.42. The predicted molar refractivity (Wildman–Crippen MR) is 66.2 cm³/mol. The fourth-order valence-electron chi connectivity index (χ4n) is 1.73. The van der Waals surface area contributed by atoms with E-state index in [4.69, 9.17) is 11.6 Å². The van der Waals surface area contributed by atoms with E-state index in [2.05, 4.69) is 10.6 Å². The fraction of sp³-hybridized carbons (Fsp3) is 0.417. The molecule has 1 aliphatic carbocycles. The van der Waals surface area contributed by atoms with Crippen LogP contribution in [-0.4, -0.2) is 12.1 Å². The Morgan fingerprint density at radius 3 is 2.53 bits per heavy atom. The molecule has 104 valence electrons. The molecule has 0 unspecified atom stereocenters. The molecule has 0 atom stereocenters. The molecule has 0 heterocycles. The second-order valence-corrected chi connectivity index (χ2v) is 4.83. The Morgan fingerprint density at radius 2 is 2.00 bits per heavy atom. The first-order valence-corrected chi connectivity index (χ1v) is 6.18. The number of hydrogen-bond acceptors (Lipinski definition) is 1. The van der Waals surface area contributed by atoms with E-state index in [9.17, 15) is 18.0 Å². The van der Waals surface area contributed by atoms with Gasteiger partial charge in [-0.25, -0.2) is 4.79 Å². The number of halogens is 4. The molecule has 0 saturated heterocycles. The van der Waals surface area contributed by atoms with Crippen molar-refractivity contribution in [3.8, 4) is 0 Å². The van der Waals surface area contributed by atoms with Crippen molar-refractivity contribution in [3.05, 3.63) is 28.8 Å². The Morgan fingerprint density at radius 1 is 1.32 bits per heavy atom. The molecule has 0 bridgehead atoms. The molecule has 1 fully saturated rings. The zero-order chi connectivity index (χ0) is 14.0. The van der Waals surface area contributed by atoms with Crippen molar-refractivity contribution in [2.45, 2.75) is 31.5 Å². The first-order chi connectivity index (χ1) is 8.86. The van der Waals surface area contributed by atoms with Gasteiger partial charge in [0.25, 0.3) is 0 Å². The molecule has 1 saturated carbocycles. The third-order valence-corrected chi connectivity index (χ3v) is 3.30. The van der Waals surface area contributed by atoms with E-state index in [1.807, 2.05) is 0 Å². The average molecular weight is 293 g/mol. The molecule has 2 rings (SSSR count). The number of urea groups is 1. The molecule has 0 spiro atoms. The number of alkyl halides is 3. The minimum atomic E-state index is -4.54. The summed E-state index contributed by atoms with van der Waals surface area (Å²) in [6, 6.07) is 2.89. The van der Waals surface area contributed by atoms with Crippen molar-refractivity contribution in [2.24, 2.45) is 0 Å². The number of amides is 2. The van der Waals surface area contributed by atoms with Gasteiger partial charge in [-0.05, 0) is 37.5 Å². The minimum Gasteiger partial charge on any atom is -0.335 e. The summed E-state index contributed by atoms with van der Waals surface area (Å²) < 4.78 is 37.9. The van der Waals surface area contributed by atoms with Crippen molar-refractivity contribution >= 4 is 23.3 Å². The second kappa shape index (κ2) is 5.28. The summed E-state index contributed by atoms with van der Waals surface area (Å²) in [4.78, 5) is 11.5. The number of carbonyl (C=O) groups excluding carboxylic acids is 1. The fourth-order valence-corrected chi connectivity index (χ4v) is 1.95. The SMILES string of the molecule is O=C(Nc1ccc(Cl)c(C(F)(F)F)c1)NC1CCC1. The third kappa shape index (κ3) is 3.53. The largest absolute Gasteiger partial charge is 0.417 e. The highest BCUT2D eigenvalue weighted by Gasteiger charge is 2.33. The van der Waals surface area contributed by atoms with Crippen LogP contribution in [0.15, 0.2) is 18.2 Å². The van der Waals surface area contributed by atoms with E-state index >= 15 is 0 Å². The summed E-state index contributed by atoms with van der Waals surface area (Å²) in [5.41, 5.74) is -0.899. The van der Waals surface area contributed by atoms with E-state index in [1.165, 1.54) is 6.07 Å².